The van der Waals surface area contributed by atoms with E-state index in [0.717, 1.165) is 0 Å². The molecule has 1 saturated carbocycles. The summed E-state index contributed by atoms with van der Waals surface area (Å²) in [5.74, 6) is 0. The van der Waals surface area contributed by atoms with Crippen LogP contribution >= 0.6 is 46.4 Å². The van der Waals surface area contributed by atoms with Crippen molar-refractivity contribution in [3.8, 4) is 0 Å². The largest absolute Gasteiger partial charge is 0.407 e. The Morgan fingerprint density at radius 2 is 1.21 bits per heavy atom. The topological polar surface area (TPSA) is 26.3 Å². The maximum atomic E-state index is 9.75. The molecule has 0 atom stereocenters. The lowest BCUT2D eigenvalue weighted by Gasteiger charge is -2.06. The third kappa shape index (κ3) is 12.6. The molecule has 1 aliphatic rings. The quantitative estimate of drug-likeness (QED) is 0.460. The number of alkyl halides is 3. The number of rotatable bonds is 0. The Morgan fingerprint density at radius 1 is 0.929 bits per heavy atom. The third-order valence-corrected chi connectivity index (χ3v) is 2.00. The van der Waals surface area contributed by atoms with E-state index < -0.39 is 9.41 Å². The lowest BCUT2D eigenvalue weighted by Crippen LogP contribution is -2.09. The molecule has 1 fully saturated rings. The SMILES string of the molecule is C1CCCCC1.O=C(Cl)OC(Cl)(Cl)Cl. The summed E-state index contributed by atoms with van der Waals surface area (Å²) in [6.45, 7) is 0. The molecule has 0 aromatic rings. The number of carbonyl (C=O) groups is 1. The summed E-state index contributed by atoms with van der Waals surface area (Å²) < 4.78 is 1.82. The highest BCUT2D eigenvalue weighted by molar-refractivity contribution is 6.69. The van der Waals surface area contributed by atoms with Gasteiger partial charge in [-0.25, -0.2) is 4.79 Å². The Balaban J connectivity index is 0.000000249. The number of ether oxygens (including phenoxy) is 1. The van der Waals surface area contributed by atoms with Gasteiger partial charge in [-0.05, 0) is 34.8 Å². The zero-order valence-corrected chi connectivity index (χ0v) is 10.6. The molecule has 0 bridgehead atoms. The number of carbonyl (C=O) groups excluding carboxylic acids is 1. The molecule has 0 N–H and O–H groups in total. The van der Waals surface area contributed by atoms with Crippen LogP contribution in [0.15, 0.2) is 0 Å². The summed E-state index contributed by atoms with van der Waals surface area (Å²) in [5, 5.41) is 0. The Hall–Kier alpha value is 0.630. The molecule has 0 aromatic heterocycles. The second kappa shape index (κ2) is 7.86. The molecule has 0 aliphatic heterocycles. The normalized spacial score (nSPS) is 16.6. The van der Waals surface area contributed by atoms with Crippen LogP contribution in [0.2, 0.25) is 0 Å². The summed E-state index contributed by atoms with van der Waals surface area (Å²) in [4.78, 5) is 9.75. The van der Waals surface area contributed by atoms with Gasteiger partial charge in [-0.1, -0.05) is 38.5 Å². The lowest BCUT2D eigenvalue weighted by atomic mass is 10.0. The van der Waals surface area contributed by atoms with Gasteiger partial charge >= 0.3 is 9.41 Å². The van der Waals surface area contributed by atoms with Crippen molar-refractivity contribution in [2.24, 2.45) is 0 Å². The molecule has 1 aliphatic carbocycles. The molecule has 2 nitrogen and oxygen atoms in total. The predicted octanol–water partition coefficient (Wildman–Crippen LogP) is 5.03. The maximum absolute atomic E-state index is 9.75. The molecule has 0 spiro atoms. The van der Waals surface area contributed by atoms with Crippen molar-refractivity contribution in [2.75, 3.05) is 0 Å². The summed E-state index contributed by atoms with van der Waals surface area (Å²) in [7, 11) is 0. The minimum Gasteiger partial charge on any atom is -0.402 e. The highest BCUT2D eigenvalue weighted by atomic mass is 35.6. The van der Waals surface area contributed by atoms with Crippen LogP contribution in [0.25, 0.3) is 0 Å². The third-order valence-electron chi connectivity index (χ3n) is 1.70. The van der Waals surface area contributed by atoms with Crippen LogP contribution in [0.3, 0.4) is 0 Å². The standard InChI is InChI=1S/C6H12.C2Cl4O2/c1-2-4-6-5-3-1;3-1(7)8-2(4,5)6/h1-6H2;. The van der Waals surface area contributed by atoms with E-state index in [1.807, 2.05) is 0 Å². The minimum absolute atomic E-state index is 1.15. The summed E-state index contributed by atoms with van der Waals surface area (Å²) in [6, 6.07) is 0. The Kier molecular flexibility index (Phi) is 8.22. The molecule has 0 saturated heterocycles. The van der Waals surface area contributed by atoms with Crippen molar-refractivity contribution in [3.05, 3.63) is 0 Å². The fourth-order valence-electron chi connectivity index (χ4n) is 1.15. The molecule has 0 radical (unpaired) electrons. The van der Waals surface area contributed by atoms with Crippen molar-refractivity contribution < 1.29 is 9.53 Å². The zero-order chi connectivity index (χ0) is 11.0. The van der Waals surface area contributed by atoms with Gasteiger partial charge in [0.05, 0.1) is 0 Å². The highest BCUT2D eigenvalue weighted by Crippen LogP contribution is 2.27. The van der Waals surface area contributed by atoms with E-state index in [1.54, 1.807) is 0 Å². The zero-order valence-electron chi connectivity index (χ0n) is 7.57. The van der Waals surface area contributed by atoms with Crippen molar-refractivity contribution in [1.82, 2.24) is 0 Å². The van der Waals surface area contributed by atoms with E-state index in [0.29, 0.717) is 0 Å². The molecular weight excluding hydrogens is 270 g/mol. The second-order valence-electron chi connectivity index (χ2n) is 2.91. The van der Waals surface area contributed by atoms with E-state index in [9.17, 15) is 4.79 Å². The van der Waals surface area contributed by atoms with E-state index in [1.165, 1.54) is 38.5 Å². The number of halogens is 4. The lowest BCUT2D eigenvalue weighted by molar-refractivity contribution is 0.172. The van der Waals surface area contributed by atoms with Crippen LogP contribution < -0.4 is 0 Å². The second-order valence-corrected chi connectivity index (χ2v) is 5.39. The molecule has 14 heavy (non-hydrogen) atoms. The smallest absolute Gasteiger partial charge is 0.402 e. The fourth-order valence-corrected chi connectivity index (χ4v) is 1.60. The van der Waals surface area contributed by atoms with Gasteiger partial charge in [0, 0.05) is 11.6 Å². The first-order chi connectivity index (χ1) is 6.42. The molecule has 1 rings (SSSR count). The van der Waals surface area contributed by atoms with Crippen LogP contribution in [0.1, 0.15) is 38.5 Å². The van der Waals surface area contributed by atoms with Crippen molar-refractivity contribution in [3.63, 3.8) is 0 Å². The summed E-state index contributed by atoms with van der Waals surface area (Å²) in [6.07, 6.45) is 9.00. The highest BCUT2D eigenvalue weighted by Gasteiger charge is 2.23. The van der Waals surface area contributed by atoms with Gasteiger partial charge in [0.1, 0.15) is 0 Å². The van der Waals surface area contributed by atoms with Gasteiger partial charge in [0.25, 0.3) is 0 Å². The van der Waals surface area contributed by atoms with Gasteiger partial charge < -0.3 is 4.74 Å². The van der Waals surface area contributed by atoms with Crippen LogP contribution in [-0.2, 0) is 4.74 Å². The van der Waals surface area contributed by atoms with Crippen LogP contribution in [0.5, 0.6) is 0 Å². The fraction of sp³-hybridized carbons (Fsp3) is 0.875. The molecule has 0 aromatic carbocycles. The van der Waals surface area contributed by atoms with Crippen molar-refractivity contribution >= 4 is 51.8 Å². The molecular formula is C8H12Cl4O2. The first-order valence-corrected chi connectivity index (χ1v) is 5.88. The first kappa shape index (κ1) is 14.6. The Labute approximate surface area is 104 Å². The molecule has 0 unspecified atom stereocenters. The van der Waals surface area contributed by atoms with E-state index >= 15 is 0 Å². The van der Waals surface area contributed by atoms with Gasteiger partial charge in [-0.3, -0.25) is 0 Å². The van der Waals surface area contributed by atoms with Gasteiger partial charge in [-0.2, -0.15) is 0 Å². The van der Waals surface area contributed by atoms with E-state index in [-0.39, 0.29) is 0 Å². The van der Waals surface area contributed by atoms with Crippen LogP contribution in [0.4, 0.5) is 4.79 Å². The summed E-state index contributed by atoms with van der Waals surface area (Å²) in [5.41, 5.74) is -1.15. The number of hydrogen-bond donors (Lipinski definition) is 0. The van der Waals surface area contributed by atoms with Gasteiger partial charge in [0.2, 0.25) is 0 Å². The molecule has 0 heterocycles. The Morgan fingerprint density at radius 3 is 1.29 bits per heavy atom. The monoisotopic (exact) mass is 280 g/mol. The Bertz CT molecular complexity index is 152. The molecule has 84 valence electrons. The van der Waals surface area contributed by atoms with E-state index in [4.69, 9.17) is 34.8 Å². The summed E-state index contributed by atoms with van der Waals surface area (Å²) >= 11 is 19.4. The predicted molar refractivity (Wildman–Crippen MR) is 60.3 cm³/mol. The van der Waals surface area contributed by atoms with Gasteiger partial charge in [-0.15, -0.1) is 0 Å². The van der Waals surface area contributed by atoms with Crippen LogP contribution in [0, 0.1) is 0 Å². The van der Waals surface area contributed by atoms with Gasteiger partial charge in [0.15, 0.2) is 0 Å². The molecule has 6 heteroatoms. The average Bonchev–Trinajstić information content (AvgIpc) is 2.03. The van der Waals surface area contributed by atoms with E-state index in [2.05, 4.69) is 16.3 Å². The molecule has 0 amide bonds. The minimum atomic E-state index is -2.04. The van der Waals surface area contributed by atoms with Crippen LogP contribution in [-0.4, -0.2) is 9.41 Å². The first-order valence-electron chi connectivity index (χ1n) is 4.37. The number of hydrogen-bond acceptors (Lipinski definition) is 2. The average molecular weight is 282 g/mol. The van der Waals surface area contributed by atoms with Crippen molar-refractivity contribution in [1.29, 1.82) is 0 Å². The maximum Gasteiger partial charge on any atom is 0.407 e. The van der Waals surface area contributed by atoms with Crippen molar-refractivity contribution in [2.45, 2.75) is 42.5 Å².